The van der Waals surface area contributed by atoms with Gasteiger partial charge in [-0.15, -0.1) is 15.3 Å². The van der Waals surface area contributed by atoms with Gasteiger partial charge in [0.2, 0.25) is 5.96 Å². The number of hydrogen-bond donors (Lipinski definition) is 4. The number of nitrogens with zero attached hydrogens (tertiary/aromatic N) is 3. The zero-order valence-electron chi connectivity index (χ0n) is 5.23. The van der Waals surface area contributed by atoms with E-state index in [1.54, 1.807) is 0 Å². The Kier molecular flexibility index (Phi) is 3.39. The van der Waals surface area contributed by atoms with Crippen molar-refractivity contribution in [1.82, 2.24) is 5.12 Å². The van der Waals surface area contributed by atoms with Gasteiger partial charge in [-0.1, -0.05) is 0 Å². The largest absolute Gasteiger partial charge is 0.388 e. The molecule has 7 N–H and O–H groups in total. The van der Waals surface area contributed by atoms with Crippen LogP contribution in [0.25, 0.3) is 0 Å². The van der Waals surface area contributed by atoms with Gasteiger partial charge in [0.05, 0.1) is 0 Å². The fourth-order valence-corrected chi connectivity index (χ4v) is 0.281. The molecule has 56 valence electrons. The highest BCUT2D eigenvalue weighted by molar-refractivity contribution is 5.75. The van der Waals surface area contributed by atoms with Gasteiger partial charge in [0.1, 0.15) is 12.7 Å². The van der Waals surface area contributed by atoms with Gasteiger partial charge < -0.3 is 17.2 Å². The summed E-state index contributed by atoms with van der Waals surface area (Å²) in [6.45, 7) is 0. The standard InChI is InChI=1S/C3H9N7/c4-1-8-10(3(6)7)9-2-5/h1-2H,(H2,4,8)(H2,5,9)(H3,6,7). The molecular weight excluding hydrogens is 134 g/mol. The van der Waals surface area contributed by atoms with Crippen molar-refractivity contribution >= 4 is 18.6 Å². The maximum absolute atomic E-state index is 6.82. The summed E-state index contributed by atoms with van der Waals surface area (Å²) in [5.74, 6) is -0.358. The maximum atomic E-state index is 6.82. The van der Waals surface area contributed by atoms with E-state index in [1.807, 2.05) is 0 Å². The third-order valence-electron chi connectivity index (χ3n) is 0.568. The van der Waals surface area contributed by atoms with Crippen LogP contribution in [-0.2, 0) is 0 Å². The molecule has 0 radical (unpaired) electrons. The van der Waals surface area contributed by atoms with Crippen LogP contribution < -0.4 is 17.2 Å². The van der Waals surface area contributed by atoms with Gasteiger partial charge >= 0.3 is 0 Å². The molecule has 0 unspecified atom stereocenters. The van der Waals surface area contributed by atoms with Crippen LogP contribution in [0.4, 0.5) is 0 Å². The average Bonchev–Trinajstić information content (AvgIpc) is 1.87. The minimum Gasteiger partial charge on any atom is -0.388 e. The first kappa shape index (κ1) is 8.21. The molecular formula is C3H9N7. The summed E-state index contributed by atoms with van der Waals surface area (Å²) in [5.41, 5.74) is 14.8. The molecule has 0 spiro atoms. The Morgan fingerprint density at radius 1 is 1.30 bits per heavy atom. The van der Waals surface area contributed by atoms with Gasteiger partial charge in [-0.2, -0.15) is 0 Å². The van der Waals surface area contributed by atoms with E-state index in [-0.39, 0.29) is 5.96 Å². The van der Waals surface area contributed by atoms with E-state index in [0.717, 1.165) is 17.8 Å². The van der Waals surface area contributed by atoms with Crippen LogP contribution in [0.15, 0.2) is 10.2 Å². The van der Waals surface area contributed by atoms with Gasteiger partial charge in [-0.3, -0.25) is 5.41 Å². The van der Waals surface area contributed by atoms with Crippen molar-refractivity contribution in [1.29, 1.82) is 5.41 Å². The second-order valence-electron chi connectivity index (χ2n) is 1.20. The summed E-state index contributed by atoms with van der Waals surface area (Å²) in [4.78, 5) is 0. The molecule has 0 aromatic heterocycles. The zero-order chi connectivity index (χ0) is 7.98. The number of hydrogen-bond acceptors (Lipinski definition) is 3. The molecule has 0 heterocycles. The molecule has 0 atom stereocenters. The maximum Gasteiger partial charge on any atom is 0.232 e. The molecule has 7 nitrogen and oxygen atoms in total. The van der Waals surface area contributed by atoms with Crippen LogP contribution in [0, 0.1) is 5.41 Å². The molecule has 0 aliphatic carbocycles. The van der Waals surface area contributed by atoms with Crippen LogP contribution in [-0.4, -0.2) is 23.8 Å². The van der Waals surface area contributed by atoms with E-state index in [1.165, 1.54) is 0 Å². The van der Waals surface area contributed by atoms with Crippen molar-refractivity contribution in [3.63, 3.8) is 0 Å². The van der Waals surface area contributed by atoms with Crippen LogP contribution in [0.2, 0.25) is 0 Å². The third kappa shape index (κ3) is 2.50. The average molecular weight is 143 g/mol. The monoisotopic (exact) mass is 143 g/mol. The fraction of sp³-hybridized carbons (Fsp3) is 0. The summed E-state index contributed by atoms with van der Waals surface area (Å²) in [5, 5.41) is 14.3. The van der Waals surface area contributed by atoms with E-state index in [2.05, 4.69) is 10.2 Å². The SMILES string of the molecule is N=C(N)N(N=CN)N=CN. The van der Waals surface area contributed by atoms with Gasteiger partial charge in [0, 0.05) is 0 Å². The highest BCUT2D eigenvalue weighted by atomic mass is 15.7. The topological polar surface area (TPSA) is 130 Å². The lowest BCUT2D eigenvalue weighted by Crippen LogP contribution is -2.28. The summed E-state index contributed by atoms with van der Waals surface area (Å²) >= 11 is 0. The predicted octanol–water partition coefficient (Wildman–Crippen LogP) is -2.01. The predicted molar refractivity (Wildman–Crippen MR) is 39.1 cm³/mol. The molecule has 0 aliphatic rings. The number of rotatable bonds is 2. The number of nitrogens with one attached hydrogen (secondary N) is 1. The highest BCUT2D eigenvalue weighted by Crippen LogP contribution is 1.83. The molecule has 0 aliphatic heterocycles. The van der Waals surface area contributed by atoms with Crippen molar-refractivity contribution in [3.05, 3.63) is 0 Å². The lowest BCUT2D eigenvalue weighted by molar-refractivity contribution is 0.470. The van der Waals surface area contributed by atoms with Crippen molar-refractivity contribution < 1.29 is 0 Å². The quantitative estimate of drug-likeness (QED) is 0.202. The summed E-state index contributed by atoms with van der Waals surface area (Å²) in [6, 6.07) is 0. The molecule has 0 amide bonds. The Morgan fingerprint density at radius 2 is 1.70 bits per heavy atom. The summed E-state index contributed by atoms with van der Waals surface area (Å²) in [6.07, 6.45) is 1.91. The number of nitrogens with two attached hydrogens (primary N) is 3. The molecule has 0 bridgehead atoms. The Bertz CT molecular complexity index is 146. The van der Waals surface area contributed by atoms with E-state index in [0.29, 0.717) is 0 Å². The molecule has 0 fully saturated rings. The Hall–Kier alpha value is -1.79. The molecule has 0 saturated heterocycles. The van der Waals surface area contributed by atoms with E-state index in [9.17, 15) is 0 Å². The van der Waals surface area contributed by atoms with Crippen LogP contribution in [0.5, 0.6) is 0 Å². The Morgan fingerprint density at radius 3 is 1.90 bits per heavy atom. The lowest BCUT2D eigenvalue weighted by atomic mass is 11.0. The molecule has 0 aromatic rings. The normalized spacial score (nSPS) is 10.8. The van der Waals surface area contributed by atoms with Gasteiger partial charge in [0.15, 0.2) is 0 Å². The van der Waals surface area contributed by atoms with Crippen molar-refractivity contribution in [2.24, 2.45) is 27.4 Å². The lowest BCUT2D eigenvalue weighted by Gasteiger charge is -2.06. The van der Waals surface area contributed by atoms with E-state index < -0.39 is 0 Å². The second-order valence-corrected chi connectivity index (χ2v) is 1.20. The van der Waals surface area contributed by atoms with E-state index in [4.69, 9.17) is 22.6 Å². The second kappa shape index (κ2) is 4.13. The first-order valence-electron chi connectivity index (χ1n) is 2.35. The van der Waals surface area contributed by atoms with Crippen molar-refractivity contribution in [3.8, 4) is 0 Å². The minimum atomic E-state index is -0.358. The summed E-state index contributed by atoms with van der Waals surface area (Å²) in [7, 11) is 0. The van der Waals surface area contributed by atoms with Gasteiger partial charge in [0.25, 0.3) is 0 Å². The Labute approximate surface area is 57.7 Å². The Balaban J connectivity index is 4.11. The first-order chi connectivity index (χ1) is 4.72. The first-order valence-corrected chi connectivity index (χ1v) is 2.35. The summed E-state index contributed by atoms with van der Waals surface area (Å²) < 4.78 is 0. The van der Waals surface area contributed by atoms with Crippen molar-refractivity contribution in [2.75, 3.05) is 0 Å². The number of guanidine groups is 1. The van der Waals surface area contributed by atoms with E-state index >= 15 is 0 Å². The molecule has 0 saturated carbocycles. The molecule has 7 heteroatoms. The molecule has 10 heavy (non-hydrogen) atoms. The smallest absolute Gasteiger partial charge is 0.232 e. The van der Waals surface area contributed by atoms with Crippen LogP contribution in [0.3, 0.4) is 0 Å². The van der Waals surface area contributed by atoms with Crippen LogP contribution in [0.1, 0.15) is 0 Å². The van der Waals surface area contributed by atoms with Crippen molar-refractivity contribution in [2.45, 2.75) is 0 Å². The minimum absolute atomic E-state index is 0.358. The third-order valence-corrected chi connectivity index (χ3v) is 0.568. The fourth-order valence-electron chi connectivity index (χ4n) is 0.281. The van der Waals surface area contributed by atoms with Gasteiger partial charge in [-0.25, -0.2) is 0 Å². The highest BCUT2D eigenvalue weighted by Gasteiger charge is 1.96. The number of hydrazone groups is 2. The zero-order valence-corrected chi connectivity index (χ0v) is 5.23. The molecule has 0 rings (SSSR count). The molecule has 0 aromatic carbocycles. The van der Waals surface area contributed by atoms with Crippen LogP contribution >= 0.6 is 0 Å². The van der Waals surface area contributed by atoms with Gasteiger partial charge in [-0.05, 0) is 0 Å².